The van der Waals surface area contributed by atoms with E-state index in [1.807, 2.05) is 12.1 Å². The maximum absolute atomic E-state index is 9.97. The fourth-order valence-corrected chi connectivity index (χ4v) is 2.96. The summed E-state index contributed by atoms with van der Waals surface area (Å²) in [4.78, 5) is 26.2. The van der Waals surface area contributed by atoms with E-state index in [-0.39, 0.29) is 24.3 Å². The van der Waals surface area contributed by atoms with Crippen molar-refractivity contribution in [2.75, 3.05) is 14.2 Å². The van der Waals surface area contributed by atoms with Crippen molar-refractivity contribution >= 4 is 44.5 Å². The Hall–Kier alpha value is -2.55. The van der Waals surface area contributed by atoms with Crippen LogP contribution in [0.25, 0.3) is 0 Å². The number of hydrogen-bond donors (Lipinski definition) is 2. The number of rotatable bonds is 6. The number of ether oxygens (including phenoxy) is 3. The Bertz CT molecular complexity index is 833. The van der Waals surface area contributed by atoms with Gasteiger partial charge in [0, 0.05) is 0 Å². The molecular weight excluding hydrogens is 516 g/mol. The summed E-state index contributed by atoms with van der Waals surface area (Å²) in [7, 11) is 2.99. The lowest BCUT2D eigenvalue weighted by Gasteiger charge is -2.07. The van der Waals surface area contributed by atoms with Crippen LogP contribution in [0.5, 0.6) is 23.0 Å². The van der Waals surface area contributed by atoms with Gasteiger partial charge in [0.05, 0.1) is 23.2 Å². The van der Waals surface area contributed by atoms with Crippen molar-refractivity contribution in [3.63, 3.8) is 0 Å². The first kappa shape index (κ1) is 26.4. The molecule has 0 bridgehead atoms. The second-order valence-corrected chi connectivity index (χ2v) is 6.81. The van der Waals surface area contributed by atoms with Gasteiger partial charge in [0.1, 0.15) is 6.61 Å². The highest BCUT2D eigenvalue weighted by Crippen LogP contribution is 2.36. The third-order valence-electron chi connectivity index (χ3n) is 3.34. The zero-order valence-corrected chi connectivity index (χ0v) is 19.1. The van der Waals surface area contributed by atoms with E-state index >= 15 is 0 Å². The van der Waals surface area contributed by atoms with Crippen LogP contribution in [-0.4, -0.2) is 37.1 Å². The molecular formula is C19H20Br2O8. The molecule has 0 atom stereocenters. The number of phenols is 2. The second kappa shape index (κ2) is 14.4. The van der Waals surface area contributed by atoms with Crippen LogP contribution in [0.1, 0.15) is 18.1 Å². The van der Waals surface area contributed by atoms with Crippen LogP contribution in [0.3, 0.4) is 0 Å². The monoisotopic (exact) mass is 534 g/mol. The molecule has 0 aliphatic rings. The van der Waals surface area contributed by atoms with Crippen molar-refractivity contribution in [2.24, 2.45) is 0 Å². The van der Waals surface area contributed by atoms with Gasteiger partial charge >= 0.3 is 6.15 Å². The lowest BCUT2D eigenvalue weighted by molar-refractivity contribution is -0.191. The first-order valence-electron chi connectivity index (χ1n) is 7.94. The minimum atomic E-state index is 0.0300. The number of aromatic hydroxyl groups is 2. The van der Waals surface area contributed by atoms with E-state index in [4.69, 9.17) is 19.1 Å². The van der Waals surface area contributed by atoms with Crippen LogP contribution in [0.2, 0.25) is 0 Å². The third kappa shape index (κ3) is 8.99. The fourth-order valence-electron chi connectivity index (χ4n) is 1.98. The molecule has 0 aliphatic carbocycles. The standard InChI is InChI=1S/C9H9BrO4.C9H11BrO2.CO2/c1-13-8-3-6(4-14-5-11)2-7(10)9(8)12;1-3-6-4-7(10)9(11)8(5-6)12-2;2-1-3/h2-3,5,12H,4H2,1H3;4-5,11H,3H2,1-2H3;. The lowest BCUT2D eigenvalue weighted by Crippen LogP contribution is -1.92. The summed E-state index contributed by atoms with van der Waals surface area (Å²) in [6.07, 6.45) is 1.18. The van der Waals surface area contributed by atoms with Crippen molar-refractivity contribution in [1.82, 2.24) is 0 Å². The van der Waals surface area contributed by atoms with Gasteiger partial charge in [-0.2, -0.15) is 9.59 Å². The molecule has 2 rings (SSSR count). The van der Waals surface area contributed by atoms with Crippen molar-refractivity contribution in [1.29, 1.82) is 0 Å². The van der Waals surface area contributed by atoms with Gasteiger partial charge in [0.2, 0.25) is 0 Å². The zero-order chi connectivity index (χ0) is 22.4. The van der Waals surface area contributed by atoms with E-state index in [1.165, 1.54) is 7.11 Å². The maximum atomic E-state index is 9.97. The molecule has 0 amide bonds. The molecule has 8 nitrogen and oxygen atoms in total. The van der Waals surface area contributed by atoms with Crippen LogP contribution in [-0.2, 0) is 32.1 Å². The van der Waals surface area contributed by atoms with E-state index < -0.39 is 0 Å². The van der Waals surface area contributed by atoms with Gasteiger partial charge in [0.25, 0.3) is 6.47 Å². The number of methoxy groups -OCH3 is 2. The molecule has 10 heteroatoms. The number of aryl methyl sites for hydroxylation is 1. The summed E-state index contributed by atoms with van der Waals surface area (Å²) >= 11 is 6.40. The van der Waals surface area contributed by atoms with E-state index in [2.05, 4.69) is 43.5 Å². The summed E-state index contributed by atoms with van der Waals surface area (Å²) in [5.41, 5.74) is 1.87. The number of hydrogen-bond acceptors (Lipinski definition) is 8. The highest BCUT2D eigenvalue weighted by atomic mass is 79.9. The highest BCUT2D eigenvalue weighted by molar-refractivity contribution is 9.10. The summed E-state index contributed by atoms with van der Waals surface area (Å²) < 4.78 is 15.7. The van der Waals surface area contributed by atoms with Gasteiger partial charge in [-0.3, -0.25) is 4.79 Å². The van der Waals surface area contributed by atoms with Gasteiger partial charge in [-0.25, -0.2) is 0 Å². The molecule has 158 valence electrons. The van der Waals surface area contributed by atoms with Crippen LogP contribution in [0.15, 0.2) is 33.2 Å². The van der Waals surface area contributed by atoms with Gasteiger partial charge in [-0.05, 0) is 73.7 Å². The zero-order valence-electron chi connectivity index (χ0n) is 15.9. The van der Waals surface area contributed by atoms with Gasteiger partial charge in [0.15, 0.2) is 23.0 Å². The first-order valence-corrected chi connectivity index (χ1v) is 9.53. The minimum Gasteiger partial charge on any atom is -0.503 e. The van der Waals surface area contributed by atoms with Crippen molar-refractivity contribution in [2.45, 2.75) is 20.0 Å². The third-order valence-corrected chi connectivity index (χ3v) is 4.55. The average Bonchev–Trinajstić information content (AvgIpc) is 2.71. The topological polar surface area (TPSA) is 119 Å². The van der Waals surface area contributed by atoms with Gasteiger partial charge in [-0.15, -0.1) is 0 Å². The van der Waals surface area contributed by atoms with Crippen LogP contribution in [0.4, 0.5) is 0 Å². The normalized spacial score (nSPS) is 9.00. The quantitative estimate of drug-likeness (QED) is 0.533. The molecule has 0 aromatic heterocycles. The predicted octanol–water partition coefficient (Wildman–Crippen LogP) is 3.98. The number of halogens is 2. The van der Waals surface area contributed by atoms with E-state index in [0.29, 0.717) is 26.9 Å². The number of carbonyl (C=O) groups is 1. The minimum absolute atomic E-state index is 0.0300. The average molecular weight is 536 g/mol. The van der Waals surface area contributed by atoms with E-state index in [1.54, 1.807) is 19.2 Å². The molecule has 0 fully saturated rings. The maximum Gasteiger partial charge on any atom is 0.373 e. The van der Waals surface area contributed by atoms with Crippen LogP contribution in [0, 0.1) is 0 Å². The molecule has 2 aromatic carbocycles. The molecule has 2 aromatic rings. The van der Waals surface area contributed by atoms with Crippen molar-refractivity contribution in [3.8, 4) is 23.0 Å². The molecule has 0 unspecified atom stereocenters. The van der Waals surface area contributed by atoms with E-state index in [0.717, 1.165) is 17.5 Å². The van der Waals surface area contributed by atoms with Gasteiger partial charge in [-0.1, -0.05) is 6.92 Å². The largest absolute Gasteiger partial charge is 0.503 e. The SMILES string of the molecule is CCc1cc(Br)c(O)c(OC)c1.COc1cc(COC=O)cc(Br)c1O.O=C=O. The molecule has 29 heavy (non-hydrogen) atoms. The molecule has 0 radical (unpaired) electrons. The van der Waals surface area contributed by atoms with Gasteiger partial charge < -0.3 is 24.4 Å². The fraction of sp³-hybridized carbons (Fsp3) is 0.263. The van der Waals surface area contributed by atoms with Crippen LogP contribution < -0.4 is 9.47 Å². The Morgan fingerprint density at radius 1 is 0.931 bits per heavy atom. The number of phenolic OH excluding ortho intramolecular Hbond substituents is 2. The summed E-state index contributed by atoms with van der Waals surface area (Å²) in [5.74, 6) is 1.04. The molecule has 0 heterocycles. The summed E-state index contributed by atoms with van der Waals surface area (Å²) in [6, 6.07) is 6.98. The summed E-state index contributed by atoms with van der Waals surface area (Å²) in [6.45, 7) is 2.57. The van der Waals surface area contributed by atoms with Crippen molar-refractivity contribution in [3.05, 3.63) is 44.3 Å². The van der Waals surface area contributed by atoms with Crippen molar-refractivity contribution < 1.29 is 38.8 Å². The lowest BCUT2D eigenvalue weighted by atomic mass is 10.1. The summed E-state index contributed by atoms with van der Waals surface area (Å²) in [5, 5.41) is 18.9. The predicted molar refractivity (Wildman–Crippen MR) is 110 cm³/mol. The number of benzene rings is 2. The Labute approximate surface area is 184 Å². The molecule has 0 aliphatic heterocycles. The molecule has 2 N–H and O–H groups in total. The van der Waals surface area contributed by atoms with Crippen LogP contribution >= 0.6 is 31.9 Å². The van der Waals surface area contributed by atoms with E-state index in [9.17, 15) is 15.0 Å². The molecule has 0 saturated heterocycles. The smallest absolute Gasteiger partial charge is 0.373 e. The highest BCUT2D eigenvalue weighted by Gasteiger charge is 2.08. The number of carbonyl (C=O) groups excluding carboxylic acids is 3. The first-order chi connectivity index (χ1) is 13.8. The second-order valence-electron chi connectivity index (χ2n) is 5.10. The molecule has 0 spiro atoms. The molecule has 0 saturated carbocycles. The Morgan fingerprint density at radius 2 is 1.34 bits per heavy atom. The Morgan fingerprint density at radius 3 is 1.72 bits per heavy atom. The Balaban J connectivity index is 0.000000481. The Kier molecular flexibility index (Phi) is 13.2.